The Kier molecular flexibility index (Phi) is 8.43. The van der Waals surface area contributed by atoms with Crippen LogP contribution in [0.15, 0.2) is 29.8 Å². The summed E-state index contributed by atoms with van der Waals surface area (Å²) in [5.41, 5.74) is 7.31. The van der Waals surface area contributed by atoms with E-state index in [4.69, 9.17) is 5.73 Å². The van der Waals surface area contributed by atoms with Gasteiger partial charge in [0.25, 0.3) is 0 Å². The maximum absolute atomic E-state index is 11.8. The van der Waals surface area contributed by atoms with E-state index < -0.39 is 6.04 Å². The topological polar surface area (TPSA) is 80.9 Å². The van der Waals surface area contributed by atoms with Crippen molar-refractivity contribution in [3.05, 3.63) is 29.8 Å². The Morgan fingerprint density at radius 3 is 2.57 bits per heavy atom. The second-order valence-corrected chi connectivity index (χ2v) is 5.37. The molecule has 2 rings (SSSR count). The molecule has 1 amide bonds. The van der Waals surface area contributed by atoms with Crippen molar-refractivity contribution >= 4 is 47.2 Å². The smallest absolute Gasteiger partial charge is 0.243 e. The van der Waals surface area contributed by atoms with Gasteiger partial charge in [0, 0.05) is 11.6 Å². The van der Waals surface area contributed by atoms with E-state index in [2.05, 4.69) is 15.3 Å². The van der Waals surface area contributed by atoms with E-state index >= 15 is 0 Å². The third-order valence-corrected chi connectivity index (χ3v) is 3.44. The van der Waals surface area contributed by atoms with E-state index in [1.807, 2.05) is 37.4 Å². The molecule has 116 valence electrons. The normalized spacial score (nSPS) is 11.2. The zero-order valence-electron chi connectivity index (χ0n) is 11.6. The highest BCUT2D eigenvalue weighted by Gasteiger charge is 2.18. The number of thiazole rings is 1. The highest BCUT2D eigenvalue weighted by molar-refractivity contribution is 7.14. The Hall–Kier alpha value is -1.21. The highest BCUT2D eigenvalue weighted by atomic mass is 35.5. The SMILES string of the molecule is CC(C)C(N)C(=O)Nc1nc(-c2ccccn2)cs1.Cl.Cl. The lowest BCUT2D eigenvalue weighted by Gasteiger charge is -2.13. The molecule has 0 aliphatic heterocycles. The van der Waals surface area contributed by atoms with Gasteiger partial charge in [-0.25, -0.2) is 4.98 Å². The number of nitrogens with zero attached hydrogens (tertiary/aromatic N) is 2. The van der Waals surface area contributed by atoms with Gasteiger partial charge in [0.1, 0.15) is 5.69 Å². The van der Waals surface area contributed by atoms with E-state index in [1.54, 1.807) is 6.20 Å². The third kappa shape index (κ3) is 5.24. The first-order chi connectivity index (χ1) is 9.08. The lowest BCUT2D eigenvalue weighted by atomic mass is 10.1. The third-order valence-electron chi connectivity index (χ3n) is 2.68. The number of aromatic nitrogens is 2. The summed E-state index contributed by atoms with van der Waals surface area (Å²) in [6.45, 7) is 3.82. The fraction of sp³-hybridized carbons (Fsp3) is 0.308. The van der Waals surface area contributed by atoms with Crippen molar-refractivity contribution < 1.29 is 4.79 Å². The lowest BCUT2D eigenvalue weighted by molar-refractivity contribution is -0.118. The minimum Gasteiger partial charge on any atom is -0.320 e. The number of anilines is 1. The van der Waals surface area contributed by atoms with Crippen molar-refractivity contribution in [3.63, 3.8) is 0 Å². The minimum absolute atomic E-state index is 0. The number of carbonyl (C=O) groups is 1. The molecule has 1 atom stereocenters. The van der Waals surface area contributed by atoms with Crippen LogP contribution in [0.3, 0.4) is 0 Å². The highest BCUT2D eigenvalue weighted by Crippen LogP contribution is 2.23. The van der Waals surface area contributed by atoms with E-state index in [1.165, 1.54) is 11.3 Å². The van der Waals surface area contributed by atoms with Crippen molar-refractivity contribution in [2.75, 3.05) is 5.32 Å². The predicted molar refractivity (Wildman–Crippen MR) is 91.3 cm³/mol. The molecule has 0 aromatic carbocycles. The summed E-state index contributed by atoms with van der Waals surface area (Å²) in [5.74, 6) is -0.118. The van der Waals surface area contributed by atoms with Crippen LogP contribution in [0.5, 0.6) is 0 Å². The molecule has 2 aromatic heterocycles. The van der Waals surface area contributed by atoms with Crippen molar-refractivity contribution in [2.45, 2.75) is 19.9 Å². The lowest BCUT2D eigenvalue weighted by Crippen LogP contribution is -2.39. The van der Waals surface area contributed by atoms with Crippen LogP contribution in [0, 0.1) is 5.92 Å². The van der Waals surface area contributed by atoms with Gasteiger partial charge in [-0.05, 0) is 18.1 Å². The monoisotopic (exact) mass is 348 g/mol. The van der Waals surface area contributed by atoms with Gasteiger partial charge < -0.3 is 11.1 Å². The quantitative estimate of drug-likeness (QED) is 0.889. The zero-order valence-corrected chi connectivity index (χ0v) is 14.1. The molecule has 0 aliphatic carbocycles. The molecule has 2 aromatic rings. The summed E-state index contributed by atoms with van der Waals surface area (Å²) in [6, 6.07) is 5.09. The second kappa shape index (κ2) is 8.94. The van der Waals surface area contributed by atoms with E-state index in [9.17, 15) is 4.79 Å². The number of nitrogens with two attached hydrogens (primary N) is 1. The Bertz CT molecular complexity index is 562. The van der Waals surface area contributed by atoms with E-state index in [0.29, 0.717) is 5.13 Å². The molecule has 0 saturated heterocycles. The zero-order chi connectivity index (χ0) is 13.8. The molecule has 3 N–H and O–H groups in total. The number of hydrogen-bond donors (Lipinski definition) is 2. The predicted octanol–water partition coefficient (Wildman–Crippen LogP) is 2.97. The molecule has 21 heavy (non-hydrogen) atoms. The first kappa shape index (κ1) is 19.8. The number of pyridine rings is 1. The maximum Gasteiger partial charge on any atom is 0.243 e. The van der Waals surface area contributed by atoms with E-state index in [0.717, 1.165) is 11.4 Å². The Balaban J connectivity index is 0.00000200. The fourth-order valence-corrected chi connectivity index (χ4v) is 2.16. The van der Waals surface area contributed by atoms with E-state index in [-0.39, 0.29) is 36.6 Å². The van der Waals surface area contributed by atoms with Crippen LogP contribution in [0.25, 0.3) is 11.4 Å². The Morgan fingerprint density at radius 1 is 1.29 bits per heavy atom. The second-order valence-electron chi connectivity index (χ2n) is 4.51. The number of halogens is 2. The van der Waals surface area contributed by atoms with Crippen molar-refractivity contribution in [3.8, 4) is 11.4 Å². The summed E-state index contributed by atoms with van der Waals surface area (Å²) in [5, 5.41) is 5.13. The first-order valence-electron chi connectivity index (χ1n) is 6.01. The average molecular weight is 349 g/mol. The van der Waals surface area contributed by atoms with Gasteiger partial charge in [-0.15, -0.1) is 36.2 Å². The standard InChI is InChI=1S/C13H16N4OS.2ClH/c1-8(2)11(14)12(18)17-13-16-10(7-19-13)9-5-3-4-6-15-9;;/h3-8,11H,14H2,1-2H3,(H,16,17,18);2*1H. The fourth-order valence-electron chi connectivity index (χ4n) is 1.45. The molecule has 0 fully saturated rings. The number of amides is 1. The molecule has 0 bridgehead atoms. The van der Waals surface area contributed by atoms with Crippen LogP contribution in [0.2, 0.25) is 0 Å². The van der Waals surface area contributed by atoms with Crippen molar-refractivity contribution in [2.24, 2.45) is 11.7 Å². The van der Waals surface area contributed by atoms with Crippen molar-refractivity contribution in [1.82, 2.24) is 9.97 Å². The Morgan fingerprint density at radius 2 is 2.00 bits per heavy atom. The van der Waals surface area contributed by atoms with Crippen molar-refractivity contribution in [1.29, 1.82) is 0 Å². The first-order valence-corrected chi connectivity index (χ1v) is 6.89. The number of carbonyl (C=O) groups excluding carboxylic acids is 1. The Labute approximate surface area is 140 Å². The van der Waals surface area contributed by atoms with Crippen LogP contribution in [0.1, 0.15) is 13.8 Å². The van der Waals surface area contributed by atoms with Crippen LogP contribution in [0.4, 0.5) is 5.13 Å². The molecule has 1 unspecified atom stereocenters. The largest absolute Gasteiger partial charge is 0.320 e. The van der Waals surface area contributed by atoms with Crippen LogP contribution in [-0.2, 0) is 4.79 Å². The molecular weight excluding hydrogens is 331 g/mol. The molecule has 2 heterocycles. The average Bonchev–Trinajstić information content (AvgIpc) is 2.87. The maximum atomic E-state index is 11.8. The summed E-state index contributed by atoms with van der Waals surface area (Å²) < 4.78 is 0. The van der Waals surface area contributed by atoms with Gasteiger partial charge in [-0.2, -0.15) is 0 Å². The molecule has 0 aliphatic rings. The van der Waals surface area contributed by atoms with Gasteiger partial charge in [-0.3, -0.25) is 9.78 Å². The molecule has 0 spiro atoms. The van der Waals surface area contributed by atoms with Gasteiger partial charge in [0.05, 0.1) is 11.7 Å². The summed E-state index contributed by atoms with van der Waals surface area (Å²) >= 11 is 1.36. The van der Waals surface area contributed by atoms with Gasteiger partial charge in [0.15, 0.2) is 5.13 Å². The number of rotatable bonds is 4. The van der Waals surface area contributed by atoms with Crippen LogP contribution >= 0.6 is 36.2 Å². The molecule has 0 radical (unpaired) electrons. The number of nitrogens with one attached hydrogen (secondary N) is 1. The van der Waals surface area contributed by atoms with Gasteiger partial charge >= 0.3 is 0 Å². The molecule has 0 saturated carbocycles. The number of hydrogen-bond acceptors (Lipinski definition) is 5. The van der Waals surface area contributed by atoms with Crippen LogP contribution < -0.4 is 11.1 Å². The van der Waals surface area contributed by atoms with Gasteiger partial charge in [0.2, 0.25) is 5.91 Å². The summed E-state index contributed by atoms with van der Waals surface area (Å²) in [4.78, 5) is 20.4. The summed E-state index contributed by atoms with van der Waals surface area (Å²) in [7, 11) is 0. The molecule has 5 nitrogen and oxygen atoms in total. The summed E-state index contributed by atoms with van der Waals surface area (Å²) in [6.07, 6.45) is 1.71. The van der Waals surface area contributed by atoms with Gasteiger partial charge in [-0.1, -0.05) is 19.9 Å². The van der Waals surface area contributed by atoms with Crippen LogP contribution in [-0.4, -0.2) is 21.9 Å². The molecule has 8 heteroatoms. The minimum atomic E-state index is -0.526. The molecular formula is C13H18Cl2N4OS.